The van der Waals surface area contributed by atoms with Gasteiger partial charge in [-0.25, -0.2) is 0 Å². The van der Waals surface area contributed by atoms with Crippen LogP contribution in [0.5, 0.6) is 0 Å². The first-order valence-electron chi connectivity index (χ1n) is 12.1. The summed E-state index contributed by atoms with van der Waals surface area (Å²) in [5.41, 5.74) is 2.50. The zero-order valence-corrected chi connectivity index (χ0v) is 21.7. The van der Waals surface area contributed by atoms with Crippen LogP contribution in [0.2, 0.25) is 0 Å². The van der Waals surface area contributed by atoms with Crippen LogP contribution in [0.25, 0.3) is 11.1 Å². The number of hydrogen-bond acceptors (Lipinski definition) is 4. The molecule has 0 aliphatic carbocycles. The molecule has 2 aromatic rings. The van der Waals surface area contributed by atoms with E-state index in [1.54, 1.807) is 0 Å². The SMILES string of the molecule is CC1(C)OB(/C=C(/C(=C/B2OC(C)(C)C(C)(C)O2)c2ccccc2)c2ccccc2)OC1(C)C. The van der Waals surface area contributed by atoms with Gasteiger partial charge in [0.25, 0.3) is 0 Å². The maximum Gasteiger partial charge on any atom is 0.487 e. The zero-order chi connectivity index (χ0) is 24.8. The van der Waals surface area contributed by atoms with Crippen molar-refractivity contribution in [2.75, 3.05) is 0 Å². The molecular formula is C28H36B2O4. The van der Waals surface area contributed by atoms with E-state index in [2.05, 4.69) is 91.6 Å². The second-order valence-corrected chi connectivity index (χ2v) is 11.1. The Bertz CT molecular complexity index is 953. The maximum absolute atomic E-state index is 6.35. The topological polar surface area (TPSA) is 36.9 Å². The largest absolute Gasteiger partial charge is 0.487 e. The van der Waals surface area contributed by atoms with E-state index in [0.717, 1.165) is 22.3 Å². The second-order valence-electron chi connectivity index (χ2n) is 11.1. The summed E-state index contributed by atoms with van der Waals surface area (Å²) in [7, 11) is -0.962. The van der Waals surface area contributed by atoms with Crippen molar-refractivity contribution in [1.29, 1.82) is 0 Å². The molecule has 178 valence electrons. The molecule has 0 bridgehead atoms. The van der Waals surface area contributed by atoms with Gasteiger partial charge in [-0.05, 0) is 89.6 Å². The summed E-state index contributed by atoms with van der Waals surface area (Å²) >= 11 is 0. The quantitative estimate of drug-likeness (QED) is 0.383. The van der Waals surface area contributed by atoms with E-state index in [9.17, 15) is 0 Å². The molecule has 4 rings (SSSR count). The lowest BCUT2D eigenvalue weighted by molar-refractivity contribution is 0.00578. The first-order chi connectivity index (χ1) is 15.8. The van der Waals surface area contributed by atoms with Crippen LogP contribution in [0.15, 0.2) is 72.6 Å². The van der Waals surface area contributed by atoms with Crippen molar-refractivity contribution in [2.45, 2.75) is 77.8 Å². The van der Waals surface area contributed by atoms with Gasteiger partial charge in [0.2, 0.25) is 0 Å². The Balaban J connectivity index is 1.84. The first kappa shape index (κ1) is 25.0. The fraction of sp³-hybridized carbons (Fsp3) is 0.429. The summed E-state index contributed by atoms with van der Waals surface area (Å²) in [6.45, 7) is 16.6. The van der Waals surface area contributed by atoms with Crippen LogP contribution in [0.1, 0.15) is 66.5 Å². The smallest absolute Gasteiger partial charge is 0.400 e. The Kier molecular flexibility index (Phi) is 6.50. The van der Waals surface area contributed by atoms with Crippen LogP contribution in [-0.2, 0) is 18.6 Å². The van der Waals surface area contributed by atoms with Crippen molar-refractivity contribution in [3.63, 3.8) is 0 Å². The number of hydrogen-bond donors (Lipinski definition) is 0. The molecule has 0 aromatic heterocycles. The molecule has 0 atom stereocenters. The van der Waals surface area contributed by atoms with Crippen molar-refractivity contribution >= 4 is 25.4 Å². The van der Waals surface area contributed by atoms with Crippen LogP contribution >= 0.6 is 0 Å². The highest BCUT2D eigenvalue weighted by Crippen LogP contribution is 2.41. The van der Waals surface area contributed by atoms with Gasteiger partial charge in [0.05, 0.1) is 22.4 Å². The Morgan fingerprint density at radius 2 is 0.765 bits per heavy atom. The Morgan fingerprint density at radius 3 is 1.03 bits per heavy atom. The lowest BCUT2D eigenvalue weighted by Gasteiger charge is -2.32. The number of allylic oxidation sites excluding steroid dienone is 2. The molecule has 2 saturated heterocycles. The van der Waals surface area contributed by atoms with Gasteiger partial charge in [0, 0.05) is 0 Å². The molecule has 34 heavy (non-hydrogen) atoms. The maximum atomic E-state index is 6.35. The van der Waals surface area contributed by atoms with Crippen LogP contribution < -0.4 is 0 Å². The molecular weight excluding hydrogens is 422 g/mol. The minimum atomic E-state index is -0.481. The van der Waals surface area contributed by atoms with Gasteiger partial charge in [-0.1, -0.05) is 60.7 Å². The minimum Gasteiger partial charge on any atom is -0.400 e. The Hall–Kier alpha value is -2.11. The molecule has 2 aromatic carbocycles. The third-order valence-corrected chi connectivity index (χ3v) is 7.61. The van der Waals surface area contributed by atoms with E-state index >= 15 is 0 Å². The average Bonchev–Trinajstić information content (AvgIpc) is 3.10. The summed E-state index contributed by atoms with van der Waals surface area (Å²) in [6, 6.07) is 20.7. The normalized spacial score (nSPS) is 23.4. The van der Waals surface area contributed by atoms with Crippen molar-refractivity contribution < 1.29 is 18.6 Å². The highest BCUT2D eigenvalue weighted by Gasteiger charge is 2.51. The number of rotatable bonds is 5. The van der Waals surface area contributed by atoms with Crippen molar-refractivity contribution in [2.24, 2.45) is 0 Å². The monoisotopic (exact) mass is 458 g/mol. The molecule has 2 aliphatic rings. The summed E-state index contributed by atoms with van der Waals surface area (Å²) in [5, 5.41) is 0. The summed E-state index contributed by atoms with van der Waals surface area (Å²) in [6.07, 6.45) is 0. The Morgan fingerprint density at radius 1 is 0.500 bits per heavy atom. The van der Waals surface area contributed by atoms with Crippen molar-refractivity contribution in [3.05, 3.63) is 83.7 Å². The lowest BCUT2D eigenvalue weighted by Crippen LogP contribution is -2.41. The van der Waals surface area contributed by atoms with Gasteiger partial charge in [-0.3, -0.25) is 0 Å². The third kappa shape index (κ3) is 4.83. The summed E-state index contributed by atoms with van der Waals surface area (Å²) in [5.74, 6) is 4.16. The van der Waals surface area contributed by atoms with E-state index in [0.29, 0.717) is 0 Å². The highest BCUT2D eigenvalue weighted by molar-refractivity contribution is 6.56. The van der Waals surface area contributed by atoms with Gasteiger partial charge in [-0.2, -0.15) is 0 Å². The second kappa shape index (κ2) is 8.83. The van der Waals surface area contributed by atoms with E-state index in [1.165, 1.54) is 0 Å². The predicted molar refractivity (Wildman–Crippen MR) is 141 cm³/mol. The molecule has 0 radical (unpaired) electrons. The van der Waals surface area contributed by atoms with E-state index in [1.807, 2.05) is 36.4 Å². The summed E-state index contributed by atoms with van der Waals surface area (Å²) < 4.78 is 25.4. The molecule has 0 amide bonds. The van der Waals surface area contributed by atoms with Gasteiger partial charge in [0.15, 0.2) is 0 Å². The molecule has 2 fully saturated rings. The molecule has 0 unspecified atom stereocenters. The third-order valence-electron chi connectivity index (χ3n) is 7.61. The molecule has 0 spiro atoms. The van der Waals surface area contributed by atoms with Crippen LogP contribution in [-0.4, -0.2) is 36.6 Å². The molecule has 0 N–H and O–H groups in total. The highest BCUT2D eigenvalue weighted by atomic mass is 16.7. The summed E-state index contributed by atoms with van der Waals surface area (Å²) in [4.78, 5) is 0. The van der Waals surface area contributed by atoms with Crippen molar-refractivity contribution in [3.8, 4) is 0 Å². The molecule has 2 heterocycles. The van der Waals surface area contributed by atoms with E-state index < -0.39 is 36.6 Å². The van der Waals surface area contributed by atoms with E-state index in [4.69, 9.17) is 18.6 Å². The van der Waals surface area contributed by atoms with E-state index in [-0.39, 0.29) is 0 Å². The van der Waals surface area contributed by atoms with Crippen LogP contribution in [0.4, 0.5) is 0 Å². The minimum absolute atomic E-state index is 0.418. The zero-order valence-electron chi connectivity index (χ0n) is 21.7. The fourth-order valence-corrected chi connectivity index (χ4v) is 4.10. The fourth-order valence-electron chi connectivity index (χ4n) is 4.10. The van der Waals surface area contributed by atoms with Gasteiger partial charge < -0.3 is 18.6 Å². The van der Waals surface area contributed by atoms with Crippen molar-refractivity contribution in [1.82, 2.24) is 0 Å². The molecule has 2 aliphatic heterocycles. The van der Waals surface area contributed by atoms with Gasteiger partial charge in [-0.15, -0.1) is 0 Å². The van der Waals surface area contributed by atoms with Crippen LogP contribution in [0.3, 0.4) is 0 Å². The molecule has 6 heteroatoms. The van der Waals surface area contributed by atoms with Gasteiger partial charge >= 0.3 is 14.2 Å². The first-order valence-corrected chi connectivity index (χ1v) is 12.1. The predicted octanol–water partition coefficient (Wildman–Crippen LogP) is 6.42. The number of benzene rings is 2. The van der Waals surface area contributed by atoms with Crippen LogP contribution in [0, 0.1) is 0 Å². The van der Waals surface area contributed by atoms with Gasteiger partial charge in [0.1, 0.15) is 0 Å². The Labute approximate surface area is 205 Å². The molecule has 4 nitrogen and oxygen atoms in total. The lowest BCUT2D eigenvalue weighted by atomic mass is 9.76. The standard InChI is InChI=1S/C28H36B2O4/c1-25(2)26(3,4)32-29(31-25)19-23(21-15-11-9-12-16-21)24(22-17-13-10-14-18-22)20-30-33-27(5,6)28(7,8)34-30/h9-20H,1-8H3/b23-19+,24-20+. The molecule has 0 saturated carbocycles. The average molecular weight is 458 g/mol.